The third-order valence-electron chi connectivity index (χ3n) is 3.81. The van der Waals surface area contributed by atoms with Crippen molar-refractivity contribution in [3.05, 3.63) is 47.8 Å². The lowest BCUT2D eigenvalue weighted by Crippen LogP contribution is -2.28. The second kappa shape index (κ2) is 5.17. The van der Waals surface area contributed by atoms with Crippen molar-refractivity contribution >= 4 is 21.7 Å². The van der Waals surface area contributed by atoms with Crippen LogP contribution in [0.5, 0.6) is 0 Å². The molecule has 0 saturated carbocycles. The molecular formula is C15H16N2O4S. The summed E-state index contributed by atoms with van der Waals surface area (Å²) in [4.78, 5) is 11.7. The number of carbonyl (C=O) groups is 1. The Morgan fingerprint density at radius 1 is 1.27 bits per heavy atom. The highest BCUT2D eigenvalue weighted by Gasteiger charge is 2.32. The normalized spacial score (nSPS) is 14.0. The molecule has 0 bridgehead atoms. The first kappa shape index (κ1) is 14.6. The van der Waals surface area contributed by atoms with Crippen molar-refractivity contribution in [1.82, 2.24) is 4.57 Å². The lowest BCUT2D eigenvalue weighted by atomic mass is 10.2. The number of nitrogens with zero attached hydrogens (tertiary/aromatic N) is 2. The van der Waals surface area contributed by atoms with Gasteiger partial charge in [0.2, 0.25) is 0 Å². The first-order valence-corrected chi connectivity index (χ1v) is 8.24. The van der Waals surface area contributed by atoms with E-state index in [1.807, 2.05) is 18.2 Å². The molecule has 1 aliphatic rings. The number of rotatable bonds is 3. The summed E-state index contributed by atoms with van der Waals surface area (Å²) in [5.41, 5.74) is 1.91. The minimum absolute atomic E-state index is 0.0899. The summed E-state index contributed by atoms with van der Waals surface area (Å²) in [6, 6.07) is 8.78. The van der Waals surface area contributed by atoms with Crippen LogP contribution < -0.4 is 4.31 Å². The molecular weight excluding hydrogens is 304 g/mol. The van der Waals surface area contributed by atoms with Gasteiger partial charge in [0, 0.05) is 19.8 Å². The highest BCUT2D eigenvalue weighted by molar-refractivity contribution is 7.92. The summed E-state index contributed by atoms with van der Waals surface area (Å²) in [6.07, 6.45) is 2.12. The maximum absolute atomic E-state index is 12.8. The number of fused-ring (bicyclic) bond motifs is 1. The van der Waals surface area contributed by atoms with Gasteiger partial charge in [-0.25, -0.2) is 13.2 Å². The predicted octanol–water partition coefficient (Wildman–Crippen LogP) is 1.56. The first-order chi connectivity index (χ1) is 10.4. The van der Waals surface area contributed by atoms with E-state index in [9.17, 15) is 13.2 Å². The quantitative estimate of drug-likeness (QED) is 0.805. The van der Waals surface area contributed by atoms with Gasteiger partial charge in [-0.3, -0.25) is 4.31 Å². The van der Waals surface area contributed by atoms with Crippen LogP contribution in [-0.4, -0.2) is 32.6 Å². The maximum atomic E-state index is 12.8. The number of anilines is 1. The van der Waals surface area contributed by atoms with Gasteiger partial charge >= 0.3 is 5.97 Å². The SMILES string of the molecule is COC(=O)c1cc(S(=O)(=O)N2CCc3ccccc32)cn1C. The largest absolute Gasteiger partial charge is 0.464 e. The lowest BCUT2D eigenvalue weighted by Gasteiger charge is -2.18. The number of ether oxygens (including phenoxy) is 1. The fourth-order valence-corrected chi connectivity index (χ4v) is 4.24. The molecule has 0 fully saturated rings. The van der Waals surface area contributed by atoms with Crippen molar-refractivity contribution in [3.8, 4) is 0 Å². The van der Waals surface area contributed by atoms with Crippen molar-refractivity contribution in [2.24, 2.45) is 7.05 Å². The Morgan fingerprint density at radius 2 is 2.00 bits per heavy atom. The first-order valence-electron chi connectivity index (χ1n) is 6.80. The number of para-hydroxylation sites is 1. The number of esters is 1. The summed E-state index contributed by atoms with van der Waals surface area (Å²) in [5, 5.41) is 0. The summed E-state index contributed by atoms with van der Waals surface area (Å²) in [5.74, 6) is -0.564. The standard InChI is InChI=1S/C15H16N2O4S/c1-16-10-12(9-14(16)15(18)21-2)22(19,20)17-8-7-11-5-3-4-6-13(11)17/h3-6,9-10H,7-8H2,1-2H3. The molecule has 0 unspecified atom stereocenters. The summed E-state index contributed by atoms with van der Waals surface area (Å²) in [6.45, 7) is 0.407. The third kappa shape index (κ3) is 2.18. The number of carbonyl (C=O) groups excluding carboxylic acids is 1. The number of benzene rings is 1. The molecule has 2 heterocycles. The van der Waals surface area contributed by atoms with Crippen LogP contribution in [-0.2, 0) is 28.2 Å². The molecule has 0 saturated heterocycles. The van der Waals surface area contributed by atoms with E-state index in [4.69, 9.17) is 0 Å². The van der Waals surface area contributed by atoms with Crippen LogP contribution in [0.1, 0.15) is 16.1 Å². The van der Waals surface area contributed by atoms with Crippen LogP contribution in [0.2, 0.25) is 0 Å². The van der Waals surface area contributed by atoms with Crippen molar-refractivity contribution in [2.75, 3.05) is 18.0 Å². The molecule has 1 aromatic carbocycles. The van der Waals surface area contributed by atoms with Crippen molar-refractivity contribution in [1.29, 1.82) is 0 Å². The van der Waals surface area contributed by atoms with E-state index in [-0.39, 0.29) is 10.6 Å². The predicted molar refractivity (Wildman–Crippen MR) is 81.4 cm³/mol. The average molecular weight is 320 g/mol. The molecule has 2 aromatic rings. The Hall–Kier alpha value is -2.28. The molecule has 22 heavy (non-hydrogen) atoms. The van der Waals surface area contributed by atoms with Gasteiger partial charge in [0.05, 0.1) is 12.8 Å². The monoisotopic (exact) mass is 320 g/mol. The van der Waals surface area contributed by atoms with Crippen LogP contribution >= 0.6 is 0 Å². The van der Waals surface area contributed by atoms with Crippen LogP contribution in [0, 0.1) is 0 Å². The fraction of sp³-hybridized carbons (Fsp3) is 0.267. The Labute approximate surface area is 129 Å². The third-order valence-corrected chi connectivity index (χ3v) is 5.59. The fourth-order valence-electron chi connectivity index (χ4n) is 2.67. The van der Waals surface area contributed by atoms with E-state index >= 15 is 0 Å². The van der Waals surface area contributed by atoms with Gasteiger partial charge in [0.15, 0.2) is 0 Å². The van der Waals surface area contributed by atoms with Crippen molar-refractivity contribution in [3.63, 3.8) is 0 Å². The zero-order valence-corrected chi connectivity index (χ0v) is 13.1. The molecule has 3 rings (SSSR count). The van der Waals surface area contributed by atoms with Crippen LogP contribution in [0.4, 0.5) is 5.69 Å². The molecule has 0 aliphatic carbocycles. The van der Waals surface area contributed by atoms with E-state index in [0.717, 1.165) is 5.56 Å². The smallest absolute Gasteiger partial charge is 0.354 e. The minimum atomic E-state index is -3.69. The maximum Gasteiger partial charge on any atom is 0.354 e. The highest BCUT2D eigenvalue weighted by atomic mass is 32.2. The number of aromatic nitrogens is 1. The Kier molecular flexibility index (Phi) is 3.44. The van der Waals surface area contributed by atoms with Gasteiger partial charge in [-0.15, -0.1) is 0 Å². The molecule has 0 spiro atoms. The minimum Gasteiger partial charge on any atom is -0.464 e. The van der Waals surface area contributed by atoms with Gasteiger partial charge in [0.25, 0.3) is 10.0 Å². The molecule has 0 atom stereocenters. The number of sulfonamides is 1. The molecule has 1 aromatic heterocycles. The molecule has 0 N–H and O–H groups in total. The summed E-state index contributed by atoms with van der Waals surface area (Å²) < 4.78 is 33.2. The molecule has 7 heteroatoms. The zero-order valence-electron chi connectivity index (χ0n) is 12.3. The van der Waals surface area contributed by atoms with E-state index < -0.39 is 16.0 Å². The second-order valence-electron chi connectivity index (χ2n) is 5.12. The molecule has 1 aliphatic heterocycles. The molecule has 0 amide bonds. The topological polar surface area (TPSA) is 68.6 Å². The van der Waals surface area contributed by atoms with Gasteiger partial charge in [-0.2, -0.15) is 0 Å². The van der Waals surface area contributed by atoms with Crippen molar-refractivity contribution in [2.45, 2.75) is 11.3 Å². The van der Waals surface area contributed by atoms with Gasteiger partial charge in [-0.1, -0.05) is 18.2 Å². The van der Waals surface area contributed by atoms with Crippen molar-refractivity contribution < 1.29 is 17.9 Å². The van der Waals surface area contributed by atoms with E-state index in [2.05, 4.69) is 4.74 Å². The Bertz CT molecular complexity index is 839. The Balaban J connectivity index is 2.03. The van der Waals surface area contributed by atoms with E-state index in [1.54, 1.807) is 13.1 Å². The average Bonchev–Trinajstić information content (AvgIpc) is 3.10. The molecule has 0 radical (unpaired) electrons. The van der Waals surface area contributed by atoms with E-state index in [0.29, 0.717) is 18.7 Å². The Morgan fingerprint density at radius 3 is 2.73 bits per heavy atom. The van der Waals surface area contributed by atoms with E-state index in [1.165, 1.54) is 28.2 Å². The number of methoxy groups -OCH3 is 1. The highest BCUT2D eigenvalue weighted by Crippen LogP contribution is 2.33. The molecule has 6 nitrogen and oxygen atoms in total. The summed E-state index contributed by atoms with van der Waals surface area (Å²) >= 11 is 0. The summed E-state index contributed by atoms with van der Waals surface area (Å²) in [7, 11) is -0.812. The van der Waals surface area contributed by atoms with Gasteiger partial charge < -0.3 is 9.30 Å². The van der Waals surface area contributed by atoms with Gasteiger partial charge in [0.1, 0.15) is 10.6 Å². The van der Waals surface area contributed by atoms with Crippen LogP contribution in [0.25, 0.3) is 0 Å². The zero-order chi connectivity index (χ0) is 15.9. The van der Waals surface area contributed by atoms with Crippen LogP contribution in [0.3, 0.4) is 0 Å². The number of hydrogen-bond donors (Lipinski definition) is 0. The number of hydrogen-bond acceptors (Lipinski definition) is 4. The van der Waals surface area contributed by atoms with Gasteiger partial charge in [-0.05, 0) is 24.1 Å². The second-order valence-corrected chi connectivity index (χ2v) is 6.98. The van der Waals surface area contributed by atoms with Crippen LogP contribution in [0.15, 0.2) is 41.4 Å². The number of aryl methyl sites for hydroxylation is 1. The lowest BCUT2D eigenvalue weighted by molar-refractivity contribution is 0.0590. The molecule has 116 valence electrons.